The number of isocyanates is 1. The van der Waals surface area contributed by atoms with Crippen molar-refractivity contribution in [3.05, 3.63) is 0 Å². The van der Waals surface area contributed by atoms with Gasteiger partial charge in [0.15, 0.2) is 5.66 Å². The standard InChI is InChI=1S/C12H21N3O/c1-4-11(2,3)14-15-12(13-10-16)8-6-5-7-9-12/h4-9H2,1-3H3/b15-14+. The van der Waals surface area contributed by atoms with Crippen molar-refractivity contribution in [3.8, 4) is 0 Å². The van der Waals surface area contributed by atoms with Gasteiger partial charge in [-0.3, -0.25) is 0 Å². The van der Waals surface area contributed by atoms with Gasteiger partial charge in [0.1, 0.15) is 0 Å². The molecule has 0 N–H and O–H groups in total. The van der Waals surface area contributed by atoms with Crippen LogP contribution in [0.1, 0.15) is 59.3 Å². The number of carbonyl (C=O) groups excluding carboxylic acids is 1. The Morgan fingerprint density at radius 1 is 1.25 bits per heavy atom. The van der Waals surface area contributed by atoms with E-state index in [2.05, 4.69) is 22.1 Å². The van der Waals surface area contributed by atoms with Crippen LogP contribution in [-0.2, 0) is 4.79 Å². The van der Waals surface area contributed by atoms with E-state index < -0.39 is 5.66 Å². The van der Waals surface area contributed by atoms with Crippen LogP contribution in [0.15, 0.2) is 15.2 Å². The van der Waals surface area contributed by atoms with Crippen LogP contribution < -0.4 is 0 Å². The van der Waals surface area contributed by atoms with Crippen molar-refractivity contribution in [1.82, 2.24) is 0 Å². The summed E-state index contributed by atoms with van der Waals surface area (Å²) in [6.45, 7) is 6.16. The lowest BCUT2D eigenvalue weighted by atomic mass is 9.90. The Kier molecular flexibility index (Phi) is 4.36. The van der Waals surface area contributed by atoms with Gasteiger partial charge >= 0.3 is 0 Å². The lowest BCUT2D eigenvalue weighted by Gasteiger charge is -2.28. The summed E-state index contributed by atoms with van der Waals surface area (Å²) in [7, 11) is 0. The van der Waals surface area contributed by atoms with E-state index in [-0.39, 0.29) is 5.54 Å². The number of rotatable bonds is 4. The molecule has 1 saturated carbocycles. The van der Waals surface area contributed by atoms with E-state index in [0.717, 1.165) is 32.1 Å². The average Bonchev–Trinajstić information content (AvgIpc) is 2.29. The Hall–Kier alpha value is -1.02. The maximum absolute atomic E-state index is 10.5. The van der Waals surface area contributed by atoms with Crippen LogP contribution in [0.5, 0.6) is 0 Å². The van der Waals surface area contributed by atoms with Gasteiger partial charge in [0.05, 0.1) is 5.54 Å². The zero-order chi connectivity index (χ0) is 12.1. The van der Waals surface area contributed by atoms with Gasteiger partial charge in [0.2, 0.25) is 6.08 Å². The molecule has 0 bridgehead atoms. The summed E-state index contributed by atoms with van der Waals surface area (Å²) in [5.41, 5.74) is -0.769. The highest BCUT2D eigenvalue weighted by Crippen LogP contribution is 2.34. The molecule has 0 saturated heterocycles. The molecule has 4 heteroatoms. The third kappa shape index (κ3) is 3.53. The molecule has 0 atom stereocenters. The van der Waals surface area contributed by atoms with Crippen LogP contribution in [0.3, 0.4) is 0 Å². The molecule has 1 fully saturated rings. The molecular formula is C12H21N3O. The number of nitrogens with zero attached hydrogens (tertiary/aromatic N) is 3. The Morgan fingerprint density at radius 2 is 1.88 bits per heavy atom. The van der Waals surface area contributed by atoms with Gasteiger partial charge in [-0.1, -0.05) is 13.3 Å². The molecule has 0 radical (unpaired) electrons. The molecule has 0 aromatic heterocycles. The Bertz CT molecular complexity index is 297. The zero-order valence-corrected chi connectivity index (χ0v) is 10.5. The first-order chi connectivity index (χ1) is 7.54. The molecule has 1 rings (SSSR count). The fourth-order valence-electron chi connectivity index (χ4n) is 1.74. The lowest BCUT2D eigenvalue weighted by Crippen LogP contribution is -2.28. The monoisotopic (exact) mass is 223 g/mol. The summed E-state index contributed by atoms with van der Waals surface area (Å²) in [5.74, 6) is 0. The smallest absolute Gasteiger partial charge is 0.211 e. The Morgan fingerprint density at radius 3 is 2.38 bits per heavy atom. The Balaban J connectivity index is 2.82. The third-order valence-electron chi connectivity index (χ3n) is 3.28. The first-order valence-corrected chi connectivity index (χ1v) is 6.07. The molecule has 1 aliphatic rings. The second-order valence-electron chi connectivity index (χ2n) is 5.11. The van der Waals surface area contributed by atoms with Crippen LogP contribution >= 0.6 is 0 Å². The quantitative estimate of drug-likeness (QED) is 0.408. The predicted octanol–water partition coefficient (Wildman–Crippen LogP) is 3.62. The van der Waals surface area contributed by atoms with Crippen LogP contribution in [0.4, 0.5) is 0 Å². The number of hydrogen-bond acceptors (Lipinski definition) is 4. The van der Waals surface area contributed by atoms with Crippen LogP contribution in [-0.4, -0.2) is 17.3 Å². The van der Waals surface area contributed by atoms with Gasteiger partial charge in [-0.05, 0) is 46.0 Å². The van der Waals surface area contributed by atoms with Gasteiger partial charge in [-0.15, -0.1) is 0 Å². The van der Waals surface area contributed by atoms with Crippen molar-refractivity contribution in [2.75, 3.05) is 0 Å². The molecular weight excluding hydrogens is 202 g/mol. The summed E-state index contributed by atoms with van der Waals surface area (Å²) < 4.78 is 0. The van der Waals surface area contributed by atoms with Gasteiger partial charge in [0, 0.05) is 0 Å². The minimum atomic E-state index is -0.605. The largest absolute Gasteiger partial charge is 0.237 e. The second-order valence-corrected chi connectivity index (χ2v) is 5.11. The summed E-state index contributed by atoms with van der Waals surface area (Å²) >= 11 is 0. The molecule has 0 amide bonds. The molecule has 4 nitrogen and oxygen atoms in total. The van der Waals surface area contributed by atoms with Crippen LogP contribution in [0.25, 0.3) is 0 Å². The highest BCUT2D eigenvalue weighted by Gasteiger charge is 2.32. The van der Waals surface area contributed by atoms with Crippen molar-refractivity contribution in [2.45, 2.75) is 70.5 Å². The maximum Gasteiger partial charge on any atom is 0.237 e. The van der Waals surface area contributed by atoms with E-state index in [9.17, 15) is 4.79 Å². The van der Waals surface area contributed by atoms with Crippen LogP contribution in [0.2, 0.25) is 0 Å². The van der Waals surface area contributed by atoms with Crippen molar-refractivity contribution in [2.24, 2.45) is 15.2 Å². The second kappa shape index (κ2) is 5.35. The maximum atomic E-state index is 10.5. The number of hydrogen-bond donors (Lipinski definition) is 0. The molecule has 90 valence electrons. The van der Waals surface area contributed by atoms with E-state index in [1.807, 2.05) is 13.8 Å². The minimum absolute atomic E-state index is 0.164. The molecule has 1 aliphatic carbocycles. The summed E-state index contributed by atoms with van der Waals surface area (Å²) in [4.78, 5) is 14.4. The Labute approximate surface area is 97.3 Å². The highest BCUT2D eigenvalue weighted by molar-refractivity contribution is 5.34. The SMILES string of the molecule is CCC(C)(C)/N=N/C1(N=C=O)CCCCC1. The number of azo groups is 1. The molecule has 0 heterocycles. The fourth-order valence-corrected chi connectivity index (χ4v) is 1.74. The van der Waals surface area contributed by atoms with Crippen molar-refractivity contribution < 1.29 is 4.79 Å². The summed E-state index contributed by atoms with van der Waals surface area (Å²) in [5, 5.41) is 8.68. The van der Waals surface area contributed by atoms with E-state index in [1.54, 1.807) is 6.08 Å². The van der Waals surface area contributed by atoms with Crippen molar-refractivity contribution >= 4 is 6.08 Å². The molecule has 16 heavy (non-hydrogen) atoms. The van der Waals surface area contributed by atoms with Gasteiger partial charge in [-0.25, -0.2) is 4.79 Å². The molecule has 0 unspecified atom stereocenters. The van der Waals surface area contributed by atoms with E-state index >= 15 is 0 Å². The van der Waals surface area contributed by atoms with Crippen molar-refractivity contribution in [1.29, 1.82) is 0 Å². The van der Waals surface area contributed by atoms with Gasteiger partial charge < -0.3 is 0 Å². The molecule has 0 aromatic carbocycles. The number of aliphatic imine (C=N–C) groups is 1. The molecule has 0 spiro atoms. The van der Waals surface area contributed by atoms with Gasteiger partial charge in [0.25, 0.3) is 0 Å². The molecule has 0 aromatic rings. The highest BCUT2D eigenvalue weighted by atomic mass is 16.1. The van der Waals surface area contributed by atoms with E-state index in [4.69, 9.17) is 0 Å². The molecule has 0 aliphatic heterocycles. The fraction of sp³-hybridized carbons (Fsp3) is 0.917. The third-order valence-corrected chi connectivity index (χ3v) is 3.28. The van der Waals surface area contributed by atoms with E-state index in [1.165, 1.54) is 6.42 Å². The lowest BCUT2D eigenvalue weighted by molar-refractivity contribution is 0.282. The normalized spacial score (nSPS) is 20.7. The van der Waals surface area contributed by atoms with Crippen molar-refractivity contribution in [3.63, 3.8) is 0 Å². The topological polar surface area (TPSA) is 54.1 Å². The summed E-state index contributed by atoms with van der Waals surface area (Å²) in [6, 6.07) is 0. The zero-order valence-electron chi connectivity index (χ0n) is 10.5. The van der Waals surface area contributed by atoms with E-state index in [0.29, 0.717) is 0 Å². The average molecular weight is 223 g/mol. The van der Waals surface area contributed by atoms with Gasteiger partial charge in [-0.2, -0.15) is 15.2 Å². The summed E-state index contributed by atoms with van der Waals surface area (Å²) in [6.07, 6.45) is 7.56. The first kappa shape index (κ1) is 13.0. The first-order valence-electron chi connectivity index (χ1n) is 6.07. The predicted molar refractivity (Wildman–Crippen MR) is 63.2 cm³/mol. The minimum Gasteiger partial charge on any atom is -0.211 e. The van der Waals surface area contributed by atoms with Crippen LogP contribution in [0, 0.1) is 0 Å².